The first kappa shape index (κ1) is 12.5. The molecule has 1 aliphatic heterocycles. The molecule has 8 heteroatoms. The van der Waals surface area contributed by atoms with Gasteiger partial charge in [0, 0.05) is 19.7 Å². The lowest BCUT2D eigenvalue weighted by Gasteiger charge is -2.39. The second-order valence-corrected chi connectivity index (χ2v) is 5.43. The van der Waals surface area contributed by atoms with Gasteiger partial charge in [0.15, 0.2) is 10.6 Å². The predicted molar refractivity (Wildman–Crippen MR) is 58.8 cm³/mol. The van der Waals surface area contributed by atoms with Crippen molar-refractivity contribution in [1.82, 2.24) is 9.78 Å². The molecular formula is C9H15N3O4S. The van der Waals surface area contributed by atoms with Gasteiger partial charge in [0.05, 0.1) is 18.9 Å². The Hall–Kier alpha value is -0.960. The van der Waals surface area contributed by atoms with Crippen LogP contribution in [0.4, 0.5) is 0 Å². The third kappa shape index (κ3) is 1.97. The van der Waals surface area contributed by atoms with E-state index in [2.05, 4.69) is 5.10 Å². The Morgan fingerprint density at radius 2 is 2.29 bits per heavy atom. The van der Waals surface area contributed by atoms with Gasteiger partial charge in [0.1, 0.15) is 0 Å². The minimum atomic E-state index is -3.80. The number of hydrogen-bond donors (Lipinski definition) is 1. The van der Waals surface area contributed by atoms with Crippen LogP contribution in [0, 0.1) is 0 Å². The third-order valence-electron chi connectivity index (χ3n) is 2.88. The number of aryl methyl sites for hydroxylation is 1. The fourth-order valence-corrected chi connectivity index (χ4v) is 2.29. The fourth-order valence-electron chi connectivity index (χ4n) is 1.80. The van der Waals surface area contributed by atoms with Crippen molar-refractivity contribution in [2.45, 2.75) is 24.1 Å². The van der Waals surface area contributed by atoms with Crippen LogP contribution < -0.4 is 5.14 Å². The van der Waals surface area contributed by atoms with Crippen molar-refractivity contribution in [2.24, 2.45) is 5.14 Å². The minimum absolute atomic E-state index is 0.141. The van der Waals surface area contributed by atoms with Crippen LogP contribution in [-0.2, 0) is 31.6 Å². The number of nitrogens with zero attached hydrogens (tertiary/aromatic N) is 2. The van der Waals surface area contributed by atoms with Crippen LogP contribution in [-0.4, -0.2) is 38.5 Å². The summed E-state index contributed by atoms with van der Waals surface area (Å²) in [4.78, 5) is 0. The molecule has 2 rings (SSSR count). The quantitative estimate of drug-likeness (QED) is 0.782. The molecule has 2 heterocycles. The summed E-state index contributed by atoms with van der Waals surface area (Å²) in [6.07, 6.45) is 0. The van der Waals surface area contributed by atoms with Gasteiger partial charge < -0.3 is 9.47 Å². The molecule has 96 valence electrons. The topological polar surface area (TPSA) is 96.4 Å². The van der Waals surface area contributed by atoms with Crippen molar-refractivity contribution in [2.75, 3.05) is 20.3 Å². The van der Waals surface area contributed by atoms with Gasteiger partial charge in [-0.3, -0.25) is 4.68 Å². The number of nitrogens with two attached hydrogens (primary N) is 1. The van der Waals surface area contributed by atoms with E-state index in [1.54, 1.807) is 11.8 Å². The second kappa shape index (κ2) is 4.05. The van der Waals surface area contributed by atoms with E-state index in [1.165, 1.54) is 6.07 Å². The van der Waals surface area contributed by atoms with Crippen LogP contribution in [0.5, 0.6) is 0 Å². The second-order valence-electron chi connectivity index (χ2n) is 3.92. The number of sulfonamides is 1. The van der Waals surface area contributed by atoms with Crippen LogP contribution in [0.15, 0.2) is 11.1 Å². The van der Waals surface area contributed by atoms with Crippen molar-refractivity contribution in [1.29, 1.82) is 0 Å². The molecule has 7 nitrogen and oxygen atoms in total. The summed E-state index contributed by atoms with van der Waals surface area (Å²) in [5.74, 6) is 0. The molecule has 1 saturated heterocycles. The summed E-state index contributed by atoms with van der Waals surface area (Å²) in [6.45, 7) is 3.18. The van der Waals surface area contributed by atoms with E-state index in [4.69, 9.17) is 14.6 Å². The van der Waals surface area contributed by atoms with Crippen molar-refractivity contribution in [3.8, 4) is 0 Å². The van der Waals surface area contributed by atoms with E-state index < -0.39 is 15.6 Å². The summed E-state index contributed by atoms with van der Waals surface area (Å²) in [7, 11) is -2.23. The molecule has 0 bridgehead atoms. The highest BCUT2D eigenvalue weighted by Crippen LogP contribution is 2.33. The average molecular weight is 261 g/mol. The minimum Gasteiger partial charge on any atom is -0.374 e. The summed E-state index contributed by atoms with van der Waals surface area (Å²) in [6, 6.07) is 1.45. The highest BCUT2D eigenvalue weighted by atomic mass is 32.2. The standard InChI is InChI=1S/C9H15N3O4S/c1-3-12-7(9(15-2)5-16-6-9)4-8(11-12)17(10,13)14/h4H,3,5-6H2,1-2H3,(H2,10,13,14). The number of rotatable bonds is 4. The Labute approximate surface area is 99.6 Å². The maximum atomic E-state index is 11.3. The van der Waals surface area contributed by atoms with Crippen LogP contribution in [0.25, 0.3) is 0 Å². The molecule has 0 spiro atoms. The van der Waals surface area contributed by atoms with Gasteiger partial charge in [0.2, 0.25) is 0 Å². The van der Waals surface area contributed by atoms with Gasteiger partial charge in [-0.05, 0) is 6.92 Å². The molecule has 0 radical (unpaired) electrons. The SMILES string of the molecule is CCn1nc(S(N)(=O)=O)cc1C1(OC)COC1. The maximum absolute atomic E-state index is 11.3. The highest BCUT2D eigenvalue weighted by molar-refractivity contribution is 7.89. The normalized spacial score (nSPS) is 19.0. The van der Waals surface area contributed by atoms with Crippen LogP contribution in [0.1, 0.15) is 12.6 Å². The molecule has 2 N–H and O–H groups in total. The van der Waals surface area contributed by atoms with Gasteiger partial charge >= 0.3 is 0 Å². The zero-order chi connectivity index (χ0) is 12.7. The zero-order valence-electron chi connectivity index (χ0n) is 9.71. The largest absolute Gasteiger partial charge is 0.374 e. The molecule has 1 aromatic heterocycles. The molecule has 1 fully saturated rings. The van der Waals surface area contributed by atoms with Gasteiger partial charge in [0.25, 0.3) is 10.0 Å². The molecule has 0 aliphatic carbocycles. The average Bonchev–Trinajstić information content (AvgIpc) is 2.61. The van der Waals surface area contributed by atoms with E-state index >= 15 is 0 Å². The number of ether oxygens (including phenoxy) is 2. The molecule has 1 aliphatic rings. The van der Waals surface area contributed by atoms with Gasteiger partial charge in [-0.2, -0.15) is 5.10 Å². The van der Waals surface area contributed by atoms with E-state index in [-0.39, 0.29) is 5.03 Å². The van der Waals surface area contributed by atoms with E-state index in [0.29, 0.717) is 25.5 Å². The van der Waals surface area contributed by atoms with Gasteiger partial charge in [-0.15, -0.1) is 0 Å². The van der Waals surface area contributed by atoms with Crippen LogP contribution in [0.2, 0.25) is 0 Å². The molecule has 0 atom stereocenters. The Morgan fingerprint density at radius 1 is 1.65 bits per heavy atom. The monoisotopic (exact) mass is 261 g/mol. The summed E-state index contributed by atoms with van der Waals surface area (Å²) < 4.78 is 34.6. The molecule has 0 aromatic carbocycles. The zero-order valence-corrected chi connectivity index (χ0v) is 10.5. The number of primary sulfonamides is 1. The summed E-state index contributed by atoms with van der Waals surface area (Å²) >= 11 is 0. The molecule has 17 heavy (non-hydrogen) atoms. The lowest BCUT2D eigenvalue weighted by molar-refractivity contribution is -0.206. The molecular weight excluding hydrogens is 246 g/mol. The van der Waals surface area contributed by atoms with Gasteiger partial charge in [-0.25, -0.2) is 13.6 Å². The number of methoxy groups -OCH3 is 1. The summed E-state index contributed by atoms with van der Waals surface area (Å²) in [5, 5.41) is 8.89. The number of aromatic nitrogens is 2. The van der Waals surface area contributed by atoms with E-state index in [9.17, 15) is 8.42 Å². The first-order valence-electron chi connectivity index (χ1n) is 5.17. The maximum Gasteiger partial charge on any atom is 0.257 e. The molecule has 0 unspecified atom stereocenters. The third-order valence-corrected chi connectivity index (χ3v) is 3.66. The van der Waals surface area contributed by atoms with Gasteiger partial charge in [-0.1, -0.05) is 0 Å². The fraction of sp³-hybridized carbons (Fsp3) is 0.667. The lowest BCUT2D eigenvalue weighted by Crippen LogP contribution is -2.49. The van der Waals surface area contributed by atoms with E-state index in [1.807, 2.05) is 6.92 Å². The first-order chi connectivity index (χ1) is 7.93. The molecule has 1 aromatic rings. The van der Waals surface area contributed by atoms with Crippen LogP contribution >= 0.6 is 0 Å². The molecule has 0 amide bonds. The van der Waals surface area contributed by atoms with E-state index in [0.717, 1.165) is 0 Å². The van der Waals surface area contributed by atoms with Crippen molar-refractivity contribution in [3.05, 3.63) is 11.8 Å². The number of hydrogen-bond acceptors (Lipinski definition) is 5. The van der Waals surface area contributed by atoms with Crippen molar-refractivity contribution in [3.63, 3.8) is 0 Å². The smallest absolute Gasteiger partial charge is 0.257 e. The van der Waals surface area contributed by atoms with Crippen molar-refractivity contribution < 1.29 is 17.9 Å². The Kier molecular flexibility index (Phi) is 2.98. The Balaban J connectivity index is 2.50. The predicted octanol–water partition coefficient (Wildman–Crippen LogP) is -0.578. The summed E-state index contributed by atoms with van der Waals surface area (Å²) in [5.41, 5.74) is 0.0733. The Bertz CT molecular complexity index is 513. The highest BCUT2D eigenvalue weighted by Gasteiger charge is 2.44. The lowest BCUT2D eigenvalue weighted by atomic mass is 9.97. The van der Waals surface area contributed by atoms with Crippen LogP contribution in [0.3, 0.4) is 0 Å². The van der Waals surface area contributed by atoms with Crippen molar-refractivity contribution >= 4 is 10.0 Å². The molecule has 0 saturated carbocycles. The first-order valence-corrected chi connectivity index (χ1v) is 6.71. The Morgan fingerprint density at radius 3 is 2.65 bits per heavy atom.